The number of rotatable bonds is 5. The van der Waals surface area contributed by atoms with E-state index in [4.69, 9.17) is 5.73 Å². The van der Waals surface area contributed by atoms with Crippen LogP contribution in [0.3, 0.4) is 0 Å². The molecule has 1 unspecified atom stereocenters. The van der Waals surface area contributed by atoms with Gasteiger partial charge >= 0.3 is 0 Å². The maximum Gasteiger partial charge on any atom is 0.236 e. The standard InChI is InChI=1S/C16H31N3O.ClH/c1-2-19(14-8-4-3-5-9-14)16(20)13-18-11-7-6-10-15(18)12-17;/h14-15H,2-13,17H2,1H3;1H. The van der Waals surface area contributed by atoms with Crippen LogP contribution in [0.25, 0.3) is 0 Å². The highest BCUT2D eigenvalue weighted by Crippen LogP contribution is 2.23. The number of piperidine rings is 1. The van der Waals surface area contributed by atoms with Crippen molar-refractivity contribution < 1.29 is 4.79 Å². The van der Waals surface area contributed by atoms with Crippen molar-refractivity contribution in [1.29, 1.82) is 0 Å². The van der Waals surface area contributed by atoms with Gasteiger partial charge in [0, 0.05) is 25.2 Å². The Kier molecular flexibility index (Phi) is 8.60. The van der Waals surface area contributed by atoms with Gasteiger partial charge in [-0.1, -0.05) is 25.7 Å². The van der Waals surface area contributed by atoms with Crippen LogP contribution in [0.2, 0.25) is 0 Å². The van der Waals surface area contributed by atoms with Crippen LogP contribution in [0.15, 0.2) is 0 Å². The number of hydrogen-bond acceptors (Lipinski definition) is 3. The van der Waals surface area contributed by atoms with Crippen molar-refractivity contribution in [2.75, 3.05) is 26.2 Å². The first-order valence-electron chi connectivity index (χ1n) is 8.49. The van der Waals surface area contributed by atoms with E-state index in [0.29, 0.717) is 31.1 Å². The van der Waals surface area contributed by atoms with E-state index < -0.39 is 0 Å². The van der Waals surface area contributed by atoms with Crippen molar-refractivity contribution in [1.82, 2.24) is 9.80 Å². The van der Waals surface area contributed by atoms with Crippen LogP contribution < -0.4 is 5.73 Å². The molecule has 0 bridgehead atoms. The van der Waals surface area contributed by atoms with Gasteiger partial charge in [-0.25, -0.2) is 0 Å². The Morgan fingerprint density at radius 2 is 1.81 bits per heavy atom. The first-order valence-corrected chi connectivity index (χ1v) is 8.49. The molecule has 5 heteroatoms. The molecule has 2 aliphatic rings. The summed E-state index contributed by atoms with van der Waals surface area (Å²) in [6.45, 7) is 5.26. The summed E-state index contributed by atoms with van der Waals surface area (Å²) in [4.78, 5) is 17.1. The zero-order valence-electron chi connectivity index (χ0n) is 13.4. The number of hydrogen-bond donors (Lipinski definition) is 1. The zero-order valence-corrected chi connectivity index (χ0v) is 14.2. The Labute approximate surface area is 135 Å². The molecule has 1 aliphatic carbocycles. The topological polar surface area (TPSA) is 49.6 Å². The summed E-state index contributed by atoms with van der Waals surface area (Å²) in [6.07, 6.45) is 9.90. The molecule has 4 nitrogen and oxygen atoms in total. The number of nitrogens with two attached hydrogens (primary N) is 1. The highest BCUT2D eigenvalue weighted by atomic mass is 35.5. The fourth-order valence-corrected chi connectivity index (χ4v) is 3.83. The van der Waals surface area contributed by atoms with Gasteiger partial charge in [-0.2, -0.15) is 0 Å². The average molecular weight is 318 g/mol. The van der Waals surface area contributed by atoms with Crippen LogP contribution in [-0.2, 0) is 4.79 Å². The van der Waals surface area contributed by atoms with Gasteiger partial charge in [0.2, 0.25) is 5.91 Å². The molecule has 1 saturated heterocycles. The monoisotopic (exact) mass is 317 g/mol. The highest BCUT2D eigenvalue weighted by Gasteiger charge is 2.28. The van der Waals surface area contributed by atoms with Crippen LogP contribution in [0, 0.1) is 0 Å². The normalized spacial score (nSPS) is 24.4. The summed E-state index contributed by atoms with van der Waals surface area (Å²) in [7, 11) is 0. The van der Waals surface area contributed by atoms with Crippen molar-refractivity contribution >= 4 is 18.3 Å². The average Bonchev–Trinajstić information content (AvgIpc) is 2.49. The largest absolute Gasteiger partial charge is 0.339 e. The van der Waals surface area contributed by atoms with Crippen molar-refractivity contribution in [3.63, 3.8) is 0 Å². The summed E-state index contributed by atoms with van der Waals surface area (Å²) in [6, 6.07) is 0.903. The third-order valence-corrected chi connectivity index (χ3v) is 5.04. The third-order valence-electron chi connectivity index (χ3n) is 5.04. The number of nitrogens with zero attached hydrogens (tertiary/aromatic N) is 2. The Morgan fingerprint density at radius 1 is 1.14 bits per heavy atom. The van der Waals surface area contributed by atoms with Gasteiger partial charge in [0.05, 0.1) is 6.54 Å². The molecule has 0 spiro atoms. The smallest absolute Gasteiger partial charge is 0.236 e. The molecule has 2 N–H and O–H groups in total. The van der Waals surface area contributed by atoms with E-state index in [-0.39, 0.29) is 12.4 Å². The molecule has 2 fully saturated rings. The van der Waals surface area contributed by atoms with E-state index in [1.165, 1.54) is 44.9 Å². The molecule has 0 aromatic rings. The lowest BCUT2D eigenvalue weighted by Crippen LogP contribution is -2.51. The van der Waals surface area contributed by atoms with Crippen molar-refractivity contribution in [2.24, 2.45) is 5.73 Å². The van der Waals surface area contributed by atoms with E-state index in [9.17, 15) is 4.79 Å². The highest BCUT2D eigenvalue weighted by molar-refractivity contribution is 5.85. The van der Waals surface area contributed by atoms with Gasteiger partial charge in [-0.3, -0.25) is 9.69 Å². The third kappa shape index (κ3) is 5.11. The summed E-state index contributed by atoms with van der Waals surface area (Å²) in [5.74, 6) is 0.319. The minimum Gasteiger partial charge on any atom is -0.339 e. The zero-order chi connectivity index (χ0) is 14.4. The summed E-state index contributed by atoms with van der Waals surface area (Å²) in [5, 5.41) is 0. The van der Waals surface area contributed by atoms with E-state index in [1.807, 2.05) is 0 Å². The second-order valence-electron chi connectivity index (χ2n) is 6.33. The lowest BCUT2D eigenvalue weighted by atomic mass is 9.94. The number of likely N-dealkylation sites (N-methyl/N-ethyl adjacent to an activating group) is 1. The predicted molar refractivity (Wildman–Crippen MR) is 89.8 cm³/mol. The molecular formula is C16H32ClN3O. The molecule has 1 heterocycles. The van der Waals surface area contributed by atoms with Gasteiger partial charge in [0.25, 0.3) is 0 Å². The number of amides is 1. The van der Waals surface area contributed by atoms with Crippen LogP contribution in [0.5, 0.6) is 0 Å². The van der Waals surface area contributed by atoms with Gasteiger partial charge in [0.15, 0.2) is 0 Å². The first kappa shape index (κ1) is 18.7. The summed E-state index contributed by atoms with van der Waals surface area (Å²) >= 11 is 0. The second kappa shape index (κ2) is 9.65. The minimum absolute atomic E-state index is 0. The number of carbonyl (C=O) groups excluding carboxylic acids is 1. The maximum atomic E-state index is 12.6. The fourth-order valence-electron chi connectivity index (χ4n) is 3.83. The van der Waals surface area contributed by atoms with Gasteiger partial charge in [-0.15, -0.1) is 12.4 Å². The van der Waals surface area contributed by atoms with Crippen LogP contribution >= 0.6 is 12.4 Å². The van der Waals surface area contributed by atoms with Crippen molar-refractivity contribution in [2.45, 2.75) is 70.4 Å². The van der Waals surface area contributed by atoms with Crippen LogP contribution in [0.4, 0.5) is 0 Å². The molecule has 0 radical (unpaired) electrons. The fraction of sp³-hybridized carbons (Fsp3) is 0.938. The lowest BCUT2D eigenvalue weighted by Gasteiger charge is -2.38. The number of carbonyl (C=O) groups is 1. The number of halogens is 1. The van der Waals surface area contributed by atoms with E-state index in [0.717, 1.165) is 19.5 Å². The van der Waals surface area contributed by atoms with Gasteiger partial charge in [-0.05, 0) is 39.2 Å². The first-order chi connectivity index (χ1) is 9.76. The SMILES string of the molecule is CCN(C(=O)CN1CCCCC1CN)C1CCCCC1.Cl. The summed E-state index contributed by atoms with van der Waals surface area (Å²) in [5.41, 5.74) is 5.85. The Balaban J connectivity index is 0.00000220. The number of likely N-dealkylation sites (tertiary alicyclic amines) is 1. The van der Waals surface area contributed by atoms with Crippen molar-refractivity contribution in [3.05, 3.63) is 0 Å². The Bertz CT molecular complexity index is 308. The van der Waals surface area contributed by atoms with E-state index in [2.05, 4.69) is 16.7 Å². The Hall–Kier alpha value is -0.320. The second-order valence-corrected chi connectivity index (χ2v) is 6.33. The Morgan fingerprint density at radius 3 is 2.43 bits per heavy atom. The predicted octanol–water partition coefficient (Wildman–Crippen LogP) is 2.40. The molecule has 0 aromatic heterocycles. The molecule has 21 heavy (non-hydrogen) atoms. The van der Waals surface area contributed by atoms with E-state index >= 15 is 0 Å². The molecular weight excluding hydrogens is 286 g/mol. The quantitative estimate of drug-likeness (QED) is 0.847. The molecule has 1 atom stereocenters. The molecule has 1 aliphatic heterocycles. The lowest BCUT2D eigenvalue weighted by molar-refractivity contribution is -0.136. The van der Waals surface area contributed by atoms with Crippen LogP contribution in [0.1, 0.15) is 58.3 Å². The maximum absolute atomic E-state index is 12.6. The van der Waals surface area contributed by atoms with Gasteiger partial charge in [0.1, 0.15) is 0 Å². The van der Waals surface area contributed by atoms with Crippen molar-refractivity contribution in [3.8, 4) is 0 Å². The molecule has 124 valence electrons. The minimum atomic E-state index is 0. The molecule has 2 rings (SSSR count). The van der Waals surface area contributed by atoms with Crippen LogP contribution in [-0.4, -0.2) is 54.0 Å². The van der Waals surface area contributed by atoms with Gasteiger partial charge < -0.3 is 10.6 Å². The van der Waals surface area contributed by atoms with E-state index in [1.54, 1.807) is 0 Å². The molecule has 1 amide bonds. The summed E-state index contributed by atoms with van der Waals surface area (Å²) < 4.78 is 0. The molecule has 0 aromatic carbocycles. The molecule has 1 saturated carbocycles.